The minimum absolute atomic E-state index is 0.0414. The Kier molecular flexibility index (Phi) is 6.52. The first-order chi connectivity index (χ1) is 13.0. The molecule has 2 aliphatic rings. The Balaban J connectivity index is 1.75. The lowest BCUT2D eigenvalue weighted by atomic mass is 9.95. The summed E-state index contributed by atoms with van der Waals surface area (Å²) in [5.74, 6) is -0.853. The van der Waals surface area contributed by atoms with Crippen molar-refractivity contribution >= 4 is 34.1 Å². The Hall–Kier alpha value is -1.89. The number of rotatable bonds is 7. The van der Waals surface area contributed by atoms with Crippen LogP contribution in [-0.4, -0.2) is 42.4 Å². The van der Waals surface area contributed by atoms with Crippen LogP contribution in [0.3, 0.4) is 0 Å². The van der Waals surface area contributed by atoms with Gasteiger partial charge >= 0.3 is 5.97 Å². The Morgan fingerprint density at radius 3 is 2.78 bits per heavy atom. The SMILES string of the molecule is CCCCN1CC(C(=O)Nc2sc3c(c2C(=O)OCC)CCCC3)CC1=O. The molecule has 1 aromatic rings. The number of amides is 2. The van der Waals surface area contributed by atoms with Gasteiger partial charge in [-0.15, -0.1) is 11.3 Å². The van der Waals surface area contributed by atoms with Gasteiger partial charge in [0.2, 0.25) is 11.8 Å². The summed E-state index contributed by atoms with van der Waals surface area (Å²) in [4.78, 5) is 40.4. The van der Waals surface area contributed by atoms with E-state index in [1.54, 1.807) is 11.8 Å². The average Bonchev–Trinajstić information content (AvgIpc) is 3.20. The molecule has 2 amide bonds. The fourth-order valence-corrected chi connectivity index (χ4v) is 5.08. The van der Waals surface area contributed by atoms with Crippen molar-refractivity contribution in [2.45, 2.75) is 58.8 Å². The third-order valence-corrected chi connectivity index (χ3v) is 6.46. The van der Waals surface area contributed by atoms with E-state index in [-0.39, 0.29) is 30.1 Å². The molecule has 3 rings (SSSR count). The third kappa shape index (κ3) is 4.34. The van der Waals surface area contributed by atoms with Gasteiger partial charge in [0.1, 0.15) is 5.00 Å². The van der Waals surface area contributed by atoms with Crippen LogP contribution in [0, 0.1) is 5.92 Å². The van der Waals surface area contributed by atoms with Crippen molar-refractivity contribution in [3.8, 4) is 0 Å². The number of carbonyl (C=O) groups excluding carboxylic acids is 3. The van der Waals surface area contributed by atoms with Gasteiger partial charge in [-0.2, -0.15) is 0 Å². The number of fused-ring (bicyclic) bond motifs is 1. The first kappa shape index (κ1) is 19.9. The molecule has 6 nitrogen and oxygen atoms in total. The second-order valence-electron chi connectivity index (χ2n) is 7.22. The topological polar surface area (TPSA) is 75.7 Å². The molecule has 1 aromatic heterocycles. The van der Waals surface area contributed by atoms with Gasteiger partial charge in [0.15, 0.2) is 0 Å². The molecular formula is C20H28N2O4S. The molecule has 1 atom stereocenters. The molecule has 1 aliphatic heterocycles. The van der Waals surface area contributed by atoms with E-state index in [2.05, 4.69) is 12.2 Å². The Morgan fingerprint density at radius 1 is 1.26 bits per heavy atom. The minimum atomic E-state index is -0.362. The average molecular weight is 393 g/mol. The highest BCUT2D eigenvalue weighted by molar-refractivity contribution is 7.17. The number of carbonyl (C=O) groups is 3. The number of nitrogens with one attached hydrogen (secondary N) is 1. The van der Waals surface area contributed by atoms with Crippen LogP contribution in [0.5, 0.6) is 0 Å². The summed E-state index contributed by atoms with van der Waals surface area (Å²) in [6.45, 7) is 5.34. The number of nitrogens with zero attached hydrogens (tertiary/aromatic N) is 1. The van der Waals surface area contributed by atoms with Gasteiger partial charge in [0.25, 0.3) is 0 Å². The molecule has 2 heterocycles. The quantitative estimate of drug-likeness (QED) is 0.722. The van der Waals surface area contributed by atoms with Gasteiger partial charge in [-0.05, 0) is 44.6 Å². The molecule has 0 aromatic carbocycles. The molecule has 1 N–H and O–H groups in total. The lowest BCUT2D eigenvalue weighted by Crippen LogP contribution is -2.29. The molecule has 27 heavy (non-hydrogen) atoms. The third-order valence-electron chi connectivity index (χ3n) is 5.25. The number of aryl methyl sites for hydroxylation is 1. The maximum Gasteiger partial charge on any atom is 0.341 e. The minimum Gasteiger partial charge on any atom is -0.462 e. The predicted octanol–water partition coefficient (Wildman–Crippen LogP) is 3.39. The van der Waals surface area contributed by atoms with Gasteiger partial charge in [0.05, 0.1) is 18.1 Å². The van der Waals surface area contributed by atoms with Crippen LogP contribution in [-0.2, 0) is 27.2 Å². The molecule has 1 fully saturated rings. The zero-order valence-electron chi connectivity index (χ0n) is 16.1. The highest BCUT2D eigenvalue weighted by Crippen LogP contribution is 2.39. The van der Waals surface area contributed by atoms with Gasteiger partial charge in [-0.1, -0.05) is 13.3 Å². The first-order valence-electron chi connectivity index (χ1n) is 9.95. The van der Waals surface area contributed by atoms with Gasteiger partial charge < -0.3 is 15.0 Å². The molecule has 0 radical (unpaired) electrons. The number of esters is 1. The second kappa shape index (κ2) is 8.87. The number of hydrogen-bond donors (Lipinski definition) is 1. The summed E-state index contributed by atoms with van der Waals surface area (Å²) in [7, 11) is 0. The zero-order valence-corrected chi connectivity index (χ0v) is 17.0. The molecular weight excluding hydrogens is 364 g/mol. The standard InChI is InChI=1S/C20H28N2O4S/c1-3-5-10-22-12-13(11-16(22)23)18(24)21-19-17(20(25)26-4-2)14-8-6-7-9-15(14)27-19/h13H,3-12H2,1-2H3,(H,21,24). The van der Waals surface area contributed by atoms with E-state index in [1.165, 1.54) is 16.2 Å². The Labute approximate surface area is 164 Å². The number of hydrogen-bond acceptors (Lipinski definition) is 5. The summed E-state index contributed by atoms with van der Waals surface area (Å²) in [6.07, 6.45) is 6.15. The summed E-state index contributed by atoms with van der Waals surface area (Å²) < 4.78 is 5.23. The van der Waals surface area contributed by atoms with Crippen LogP contribution >= 0.6 is 11.3 Å². The number of anilines is 1. The van der Waals surface area contributed by atoms with Crippen molar-refractivity contribution in [1.82, 2.24) is 4.90 Å². The van der Waals surface area contributed by atoms with E-state index in [0.29, 0.717) is 30.3 Å². The molecule has 0 bridgehead atoms. The fourth-order valence-electron chi connectivity index (χ4n) is 3.80. The monoisotopic (exact) mass is 392 g/mol. The van der Waals surface area contributed by atoms with Crippen LogP contribution in [0.15, 0.2) is 0 Å². The van der Waals surface area contributed by atoms with E-state index in [0.717, 1.165) is 44.1 Å². The lowest BCUT2D eigenvalue weighted by molar-refractivity contribution is -0.128. The summed E-state index contributed by atoms with van der Waals surface area (Å²) >= 11 is 1.49. The number of unbranched alkanes of at least 4 members (excludes halogenated alkanes) is 1. The van der Waals surface area contributed by atoms with E-state index >= 15 is 0 Å². The van der Waals surface area contributed by atoms with Crippen molar-refractivity contribution in [1.29, 1.82) is 0 Å². The zero-order chi connectivity index (χ0) is 19.4. The second-order valence-corrected chi connectivity index (χ2v) is 8.32. The van der Waals surface area contributed by atoms with Crippen molar-refractivity contribution < 1.29 is 19.1 Å². The molecule has 1 unspecified atom stereocenters. The van der Waals surface area contributed by atoms with Crippen molar-refractivity contribution in [3.05, 3.63) is 16.0 Å². The maximum absolute atomic E-state index is 12.8. The molecule has 0 saturated carbocycles. The highest BCUT2D eigenvalue weighted by atomic mass is 32.1. The van der Waals surface area contributed by atoms with Crippen LogP contribution < -0.4 is 5.32 Å². The first-order valence-corrected chi connectivity index (χ1v) is 10.8. The van der Waals surface area contributed by atoms with Crippen LogP contribution in [0.25, 0.3) is 0 Å². The largest absolute Gasteiger partial charge is 0.462 e. The van der Waals surface area contributed by atoms with E-state index in [1.807, 2.05) is 0 Å². The lowest BCUT2D eigenvalue weighted by Gasteiger charge is -2.16. The summed E-state index contributed by atoms with van der Waals surface area (Å²) in [6, 6.07) is 0. The van der Waals surface area contributed by atoms with Crippen molar-refractivity contribution in [2.75, 3.05) is 25.0 Å². The molecule has 1 saturated heterocycles. The highest BCUT2D eigenvalue weighted by Gasteiger charge is 2.35. The molecule has 1 aliphatic carbocycles. The van der Waals surface area contributed by atoms with Crippen molar-refractivity contribution in [2.24, 2.45) is 5.92 Å². The van der Waals surface area contributed by atoms with E-state index in [4.69, 9.17) is 4.74 Å². The maximum atomic E-state index is 12.8. The van der Waals surface area contributed by atoms with Crippen LogP contribution in [0.1, 0.15) is 66.8 Å². The van der Waals surface area contributed by atoms with E-state index < -0.39 is 0 Å². The van der Waals surface area contributed by atoms with Crippen molar-refractivity contribution in [3.63, 3.8) is 0 Å². The normalized spacial score (nSPS) is 19.1. The molecule has 148 valence electrons. The van der Waals surface area contributed by atoms with Crippen LogP contribution in [0.4, 0.5) is 5.00 Å². The predicted molar refractivity (Wildman–Crippen MR) is 105 cm³/mol. The number of likely N-dealkylation sites (tertiary alicyclic amines) is 1. The Morgan fingerprint density at radius 2 is 2.04 bits per heavy atom. The summed E-state index contributed by atoms with van der Waals surface area (Å²) in [5, 5.41) is 3.53. The van der Waals surface area contributed by atoms with Crippen LogP contribution in [0.2, 0.25) is 0 Å². The molecule has 7 heteroatoms. The smallest absolute Gasteiger partial charge is 0.341 e. The van der Waals surface area contributed by atoms with E-state index in [9.17, 15) is 14.4 Å². The van der Waals surface area contributed by atoms with Gasteiger partial charge in [-0.25, -0.2) is 4.79 Å². The number of ether oxygens (including phenoxy) is 1. The number of thiophene rings is 1. The fraction of sp³-hybridized carbons (Fsp3) is 0.650. The van der Waals surface area contributed by atoms with Gasteiger partial charge in [0, 0.05) is 24.4 Å². The Bertz CT molecular complexity index is 728. The summed E-state index contributed by atoms with van der Waals surface area (Å²) in [5.41, 5.74) is 1.56. The van der Waals surface area contributed by atoms with Gasteiger partial charge in [-0.3, -0.25) is 9.59 Å². The molecule has 0 spiro atoms.